The fourth-order valence-electron chi connectivity index (χ4n) is 2.23. The highest BCUT2D eigenvalue weighted by Crippen LogP contribution is 2.38. The lowest BCUT2D eigenvalue weighted by Crippen LogP contribution is -2.25. The smallest absolute Gasteiger partial charge is 0.163 e. The topological polar surface area (TPSA) is 50.9 Å². The van der Waals surface area contributed by atoms with Crippen molar-refractivity contribution in [3.05, 3.63) is 11.6 Å². The number of aryl methyl sites for hydroxylation is 1. The molecule has 0 radical (unpaired) electrons. The van der Waals surface area contributed by atoms with Gasteiger partial charge in [-0.1, -0.05) is 0 Å². The molecule has 5 heteroatoms. The van der Waals surface area contributed by atoms with Gasteiger partial charge >= 0.3 is 0 Å². The Kier molecular flexibility index (Phi) is 2.44. The molecule has 2 unspecified atom stereocenters. The van der Waals surface area contributed by atoms with Crippen LogP contribution >= 0.6 is 11.8 Å². The number of aromatic nitrogens is 3. The molecule has 0 aliphatic carbocycles. The van der Waals surface area contributed by atoms with Crippen molar-refractivity contribution in [3.8, 4) is 0 Å². The first-order valence-corrected chi connectivity index (χ1v) is 6.61. The van der Waals surface area contributed by atoms with E-state index in [-0.39, 0.29) is 6.10 Å². The maximum Gasteiger partial charge on any atom is 0.163 e. The first-order chi connectivity index (χ1) is 7.33. The van der Waals surface area contributed by atoms with Crippen LogP contribution in [0.4, 0.5) is 0 Å². The van der Waals surface area contributed by atoms with Gasteiger partial charge in [0, 0.05) is 6.42 Å². The molecule has 2 aliphatic rings. The van der Waals surface area contributed by atoms with E-state index in [4.69, 9.17) is 0 Å². The highest BCUT2D eigenvalue weighted by atomic mass is 32.2. The predicted octanol–water partition coefficient (Wildman–Crippen LogP) is 1.15. The first-order valence-electron chi connectivity index (χ1n) is 5.56. The van der Waals surface area contributed by atoms with E-state index in [0.717, 1.165) is 24.5 Å². The average molecular weight is 225 g/mol. The van der Waals surface area contributed by atoms with Crippen molar-refractivity contribution in [3.63, 3.8) is 0 Å². The van der Waals surface area contributed by atoms with Crippen LogP contribution in [-0.4, -0.2) is 31.7 Å². The lowest BCUT2D eigenvalue weighted by molar-refractivity contribution is 0.124. The van der Waals surface area contributed by atoms with Crippen LogP contribution < -0.4 is 0 Å². The van der Waals surface area contributed by atoms with Gasteiger partial charge in [0.05, 0.1) is 17.9 Å². The van der Waals surface area contributed by atoms with Crippen molar-refractivity contribution >= 4 is 11.8 Å². The van der Waals surface area contributed by atoms with Gasteiger partial charge in [0.15, 0.2) is 5.82 Å². The quantitative estimate of drug-likeness (QED) is 0.779. The zero-order valence-electron chi connectivity index (χ0n) is 8.59. The Labute approximate surface area is 93.1 Å². The number of hydrogen-bond donors (Lipinski definition) is 1. The summed E-state index contributed by atoms with van der Waals surface area (Å²) in [6, 6.07) is 0. The summed E-state index contributed by atoms with van der Waals surface area (Å²) < 4.78 is 1.89. The molecule has 0 bridgehead atoms. The third-order valence-electron chi connectivity index (χ3n) is 3.07. The molecule has 1 aromatic heterocycles. The van der Waals surface area contributed by atoms with Crippen molar-refractivity contribution in [2.24, 2.45) is 0 Å². The molecule has 2 aliphatic heterocycles. The zero-order valence-corrected chi connectivity index (χ0v) is 9.41. The van der Waals surface area contributed by atoms with Crippen molar-refractivity contribution in [1.82, 2.24) is 14.8 Å². The summed E-state index contributed by atoms with van der Waals surface area (Å²) in [7, 11) is 0. The van der Waals surface area contributed by atoms with Crippen LogP contribution in [-0.2, 0) is 13.0 Å². The van der Waals surface area contributed by atoms with Gasteiger partial charge in [-0.2, -0.15) is 16.9 Å². The lowest BCUT2D eigenvalue weighted by Gasteiger charge is -2.16. The predicted molar refractivity (Wildman–Crippen MR) is 58.8 cm³/mol. The number of aliphatic hydroxyl groups is 1. The number of thioether (sulfide) groups is 1. The SMILES string of the molecule is OC1CCc2nc(C3CCCS3)nn2C1. The second kappa shape index (κ2) is 3.79. The van der Waals surface area contributed by atoms with Crippen LogP contribution in [0.1, 0.15) is 36.2 Å². The Morgan fingerprint density at radius 3 is 3.13 bits per heavy atom. The van der Waals surface area contributed by atoms with Gasteiger partial charge in [0.1, 0.15) is 5.82 Å². The number of hydrogen-bond acceptors (Lipinski definition) is 4. The molecular formula is C10H15N3OS. The van der Waals surface area contributed by atoms with Crippen LogP contribution in [0.25, 0.3) is 0 Å². The molecule has 1 saturated heterocycles. The van der Waals surface area contributed by atoms with E-state index in [1.54, 1.807) is 0 Å². The third kappa shape index (κ3) is 1.78. The highest BCUT2D eigenvalue weighted by Gasteiger charge is 2.25. The molecule has 2 atom stereocenters. The first kappa shape index (κ1) is 9.66. The monoisotopic (exact) mass is 225 g/mol. The molecule has 3 rings (SSSR count). The number of nitrogens with zero attached hydrogens (tertiary/aromatic N) is 3. The minimum absolute atomic E-state index is 0.233. The normalized spacial score (nSPS) is 30.5. The molecule has 0 aromatic carbocycles. The molecule has 82 valence electrons. The Morgan fingerprint density at radius 1 is 1.40 bits per heavy atom. The average Bonchev–Trinajstić information content (AvgIpc) is 2.84. The van der Waals surface area contributed by atoms with Crippen molar-refractivity contribution in [2.75, 3.05) is 5.75 Å². The number of rotatable bonds is 1. The largest absolute Gasteiger partial charge is 0.391 e. The van der Waals surface area contributed by atoms with Crippen molar-refractivity contribution in [1.29, 1.82) is 0 Å². The molecule has 1 N–H and O–H groups in total. The Bertz CT molecular complexity index is 360. The van der Waals surface area contributed by atoms with Crippen LogP contribution in [0.5, 0.6) is 0 Å². The fourth-order valence-corrected chi connectivity index (χ4v) is 3.43. The van der Waals surface area contributed by atoms with Gasteiger partial charge in [0.25, 0.3) is 0 Å². The summed E-state index contributed by atoms with van der Waals surface area (Å²) in [5.74, 6) is 3.28. The summed E-state index contributed by atoms with van der Waals surface area (Å²) in [5, 5.41) is 14.5. The Hall–Kier alpha value is -0.550. The van der Waals surface area contributed by atoms with E-state index < -0.39 is 0 Å². The molecule has 0 saturated carbocycles. The summed E-state index contributed by atoms with van der Waals surface area (Å²) in [6.45, 7) is 0.625. The molecule has 15 heavy (non-hydrogen) atoms. The summed E-state index contributed by atoms with van der Waals surface area (Å²) in [5.41, 5.74) is 0. The van der Waals surface area contributed by atoms with E-state index in [0.29, 0.717) is 11.8 Å². The molecule has 0 amide bonds. The van der Waals surface area contributed by atoms with Crippen LogP contribution in [0.2, 0.25) is 0 Å². The molecule has 1 aromatic rings. The van der Waals surface area contributed by atoms with E-state index >= 15 is 0 Å². The number of aliphatic hydroxyl groups excluding tert-OH is 1. The van der Waals surface area contributed by atoms with Gasteiger partial charge < -0.3 is 5.11 Å². The molecule has 4 nitrogen and oxygen atoms in total. The maximum absolute atomic E-state index is 9.54. The Morgan fingerprint density at radius 2 is 2.33 bits per heavy atom. The molecule has 0 spiro atoms. The van der Waals surface area contributed by atoms with Gasteiger partial charge in [-0.3, -0.25) is 0 Å². The fraction of sp³-hybridized carbons (Fsp3) is 0.800. The van der Waals surface area contributed by atoms with E-state index in [9.17, 15) is 5.11 Å². The summed E-state index contributed by atoms with van der Waals surface area (Å²) in [4.78, 5) is 4.59. The second-order valence-electron chi connectivity index (χ2n) is 4.26. The lowest BCUT2D eigenvalue weighted by atomic mass is 10.1. The maximum atomic E-state index is 9.54. The minimum Gasteiger partial charge on any atom is -0.391 e. The number of fused-ring (bicyclic) bond motifs is 1. The molecular weight excluding hydrogens is 210 g/mol. The van der Waals surface area contributed by atoms with Gasteiger partial charge in [-0.25, -0.2) is 9.67 Å². The van der Waals surface area contributed by atoms with E-state index in [1.165, 1.54) is 18.6 Å². The zero-order chi connectivity index (χ0) is 10.3. The minimum atomic E-state index is -0.233. The van der Waals surface area contributed by atoms with Gasteiger partial charge in [-0.15, -0.1) is 0 Å². The summed E-state index contributed by atoms with van der Waals surface area (Å²) in [6.07, 6.45) is 3.95. The van der Waals surface area contributed by atoms with Crippen LogP contribution in [0, 0.1) is 0 Å². The van der Waals surface area contributed by atoms with Gasteiger partial charge in [0.2, 0.25) is 0 Å². The van der Waals surface area contributed by atoms with Gasteiger partial charge in [-0.05, 0) is 25.0 Å². The van der Waals surface area contributed by atoms with E-state index in [1.807, 2.05) is 16.4 Å². The van der Waals surface area contributed by atoms with Crippen molar-refractivity contribution < 1.29 is 5.11 Å². The highest BCUT2D eigenvalue weighted by molar-refractivity contribution is 7.99. The molecule has 3 heterocycles. The second-order valence-corrected chi connectivity index (χ2v) is 5.57. The third-order valence-corrected chi connectivity index (χ3v) is 4.44. The standard InChI is InChI=1S/C10H15N3OS/c14-7-3-4-9-11-10(12-13(9)6-7)8-2-1-5-15-8/h7-8,14H,1-6H2. The van der Waals surface area contributed by atoms with Crippen LogP contribution in [0.3, 0.4) is 0 Å². The summed E-state index contributed by atoms with van der Waals surface area (Å²) >= 11 is 1.96. The van der Waals surface area contributed by atoms with Crippen molar-refractivity contribution in [2.45, 2.75) is 43.6 Å². The van der Waals surface area contributed by atoms with Crippen LogP contribution in [0.15, 0.2) is 0 Å². The Balaban J connectivity index is 1.85. The van der Waals surface area contributed by atoms with E-state index in [2.05, 4.69) is 10.1 Å². The molecule has 1 fully saturated rings.